The predicted molar refractivity (Wildman–Crippen MR) is 122 cm³/mol. The topological polar surface area (TPSA) is 142 Å². The average molecular weight is 450 g/mol. The van der Waals surface area contributed by atoms with Crippen LogP contribution < -0.4 is 10.6 Å². The third-order valence-electron chi connectivity index (χ3n) is 5.11. The van der Waals surface area contributed by atoms with E-state index in [0.717, 1.165) is 12.0 Å². The molecule has 2 heterocycles. The first-order valence-electron chi connectivity index (χ1n) is 10.7. The first kappa shape index (κ1) is 24.1. The van der Waals surface area contributed by atoms with Crippen molar-refractivity contribution in [2.75, 3.05) is 0 Å². The number of aryl methyl sites for hydroxylation is 2. The molecule has 0 aliphatic heterocycles. The minimum absolute atomic E-state index is 0.0675. The van der Waals surface area contributed by atoms with Crippen molar-refractivity contribution in [3.63, 3.8) is 0 Å². The van der Waals surface area contributed by atoms with Crippen LogP contribution in [-0.2, 0) is 24.7 Å². The Morgan fingerprint density at radius 3 is 2.55 bits per heavy atom. The summed E-state index contributed by atoms with van der Waals surface area (Å²) in [5.41, 5.74) is 1.79. The molecule has 0 radical (unpaired) electrons. The lowest BCUT2D eigenvalue weighted by molar-refractivity contribution is -0.123. The normalized spacial score (nSPS) is 12.6. The van der Waals surface area contributed by atoms with Crippen molar-refractivity contribution in [2.24, 2.45) is 7.05 Å². The number of nitrogens with one attached hydrogen (secondary N) is 2. The lowest BCUT2D eigenvalue weighted by Gasteiger charge is -2.22. The molecule has 4 N–H and O–H groups in total. The summed E-state index contributed by atoms with van der Waals surface area (Å²) in [4.78, 5) is 33.5. The van der Waals surface area contributed by atoms with E-state index in [4.69, 9.17) is 0 Å². The van der Waals surface area contributed by atoms with E-state index < -0.39 is 30.9 Å². The van der Waals surface area contributed by atoms with Gasteiger partial charge in [0.2, 0.25) is 5.91 Å². The van der Waals surface area contributed by atoms with Crippen molar-refractivity contribution >= 4 is 18.9 Å². The van der Waals surface area contributed by atoms with Crippen LogP contribution in [-0.4, -0.2) is 60.7 Å². The summed E-state index contributed by atoms with van der Waals surface area (Å²) in [6, 6.07) is 10.6. The maximum Gasteiger partial charge on any atom is 0.475 e. The third-order valence-corrected chi connectivity index (χ3v) is 5.11. The van der Waals surface area contributed by atoms with Crippen molar-refractivity contribution in [2.45, 2.75) is 37.7 Å². The molecule has 0 fully saturated rings. The number of benzene rings is 1. The zero-order valence-electron chi connectivity index (χ0n) is 18.3. The lowest BCUT2D eigenvalue weighted by Crippen LogP contribution is -2.54. The largest absolute Gasteiger partial charge is 0.475 e. The second-order valence-corrected chi connectivity index (χ2v) is 7.71. The molecule has 33 heavy (non-hydrogen) atoms. The van der Waals surface area contributed by atoms with Gasteiger partial charge in [-0.2, -0.15) is 5.10 Å². The van der Waals surface area contributed by atoms with Crippen molar-refractivity contribution in [3.05, 3.63) is 78.1 Å². The summed E-state index contributed by atoms with van der Waals surface area (Å²) >= 11 is 0. The third kappa shape index (κ3) is 7.51. The van der Waals surface area contributed by atoms with Gasteiger partial charge < -0.3 is 20.7 Å². The molecular weight excluding hydrogens is 423 g/mol. The van der Waals surface area contributed by atoms with Gasteiger partial charge in [-0.05, 0) is 30.9 Å². The van der Waals surface area contributed by atoms with Gasteiger partial charge in [0.1, 0.15) is 11.7 Å². The minimum Gasteiger partial charge on any atom is -0.426 e. The zero-order valence-corrected chi connectivity index (χ0v) is 18.3. The van der Waals surface area contributed by atoms with Crippen LogP contribution in [0.3, 0.4) is 0 Å². The van der Waals surface area contributed by atoms with E-state index in [1.54, 1.807) is 24.0 Å². The number of hydrogen-bond donors (Lipinski definition) is 4. The summed E-state index contributed by atoms with van der Waals surface area (Å²) < 4.78 is 1.60. The molecule has 3 rings (SSSR count). The molecule has 3 aromatic rings. The van der Waals surface area contributed by atoms with Crippen molar-refractivity contribution in [3.8, 4) is 0 Å². The van der Waals surface area contributed by atoms with Gasteiger partial charge in [0, 0.05) is 32.1 Å². The first-order chi connectivity index (χ1) is 15.9. The molecule has 0 saturated carbocycles. The van der Waals surface area contributed by atoms with Crippen LogP contribution >= 0.6 is 0 Å². The Hall–Kier alpha value is -3.57. The highest BCUT2D eigenvalue weighted by molar-refractivity contribution is 6.43. The molecule has 0 spiro atoms. The number of nitrogens with zero attached hydrogens (tertiary/aromatic N) is 4. The number of carbonyl (C=O) groups excluding carboxylic acids is 2. The summed E-state index contributed by atoms with van der Waals surface area (Å²) in [7, 11) is 0.0117. The second kappa shape index (κ2) is 11.9. The fraction of sp³-hybridized carbons (Fsp3) is 0.318. The monoisotopic (exact) mass is 450 g/mol. The molecule has 11 heteroatoms. The highest BCUT2D eigenvalue weighted by Crippen LogP contribution is 2.09. The maximum atomic E-state index is 13.1. The molecule has 0 saturated heterocycles. The van der Waals surface area contributed by atoms with Gasteiger partial charge in [-0.25, -0.2) is 4.98 Å². The lowest BCUT2D eigenvalue weighted by atomic mass is 9.76. The van der Waals surface area contributed by atoms with Crippen molar-refractivity contribution < 1.29 is 19.6 Å². The summed E-state index contributed by atoms with van der Waals surface area (Å²) in [6.45, 7) is 0. The van der Waals surface area contributed by atoms with Crippen LogP contribution in [0.1, 0.15) is 34.6 Å². The number of carbonyl (C=O) groups is 2. The van der Waals surface area contributed by atoms with Gasteiger partial charge in [0.05, 0.1) is 17.8 Å². The van der Waals surface area contributed by atoms with Crippen molar-refractivity contribution in [1.29, 1.82) is 0 Å². The number of aromatic nitrogens is 4. The molecule has 0 aliphatic rings. The van der Waals surface area contributed by atoms with Crippen LogP contribution in [0.4, 0.5) is 0 Å². The fourth-order valence-electron chi connectivity index (χ4n) is 3.39. The molecule has 1 aromatic carbocycles. The van der Waals surface area contributed by atoms with Crippen LogP contribution in [0.15, 0.2) is 61.2 Å². The van der Waals surface area contributed by atoms with Gasteiger partial charge in [0.15, 0.2) is 0 Å². The van der Waals surface area contributed by atoms with Crippen LogP contribution in [0.2, 0.25) is 0 Å². The number of rotatable bonds is 11. The molecule has 2 aromatic heterocycles. The van der Waals surface area contributed by atoms with Crippen molar-refractivity contribution in [1.82, 2.24) is 30.4 Å². The van der Waals surface area contributed by atoms with E-state index in [2.05, 4.69) is 25.7 Å². The van der Waals surface area contributed by atoms with Crippen LogP contribution in [0, 0.1) is 0 Å². The maximum absolute atomic E-state index is 13.1. The Morgan fingerprint density at radius 2 is 1.91 bits per heavy atom. The Kier molecular flexibility index (Phi) is 8.67. The van der Waals surface area contributed by atoms with Gasteiger partial charge in [-0.3, -0.25) is 19.3 Å². The minimum atomic E-state index is -1.74. The SMILES string of the molecule is Cn1ccc(C[C@@H](NC(=O)c2cnccn2)C(=O)N[C@H](CCCc2ccccc2)B(O)O)n1. The molecule has 10 nitrogen and oxygen atoms in total. The number of amides is 2. The zero-order chi connectivity index (χ0) is 23.6. The second-order valence-electron chi connectivity index (χ2n) is 7.71. The molecular formula is C22H27BN6O4. The highest BCUT2D eigenvalue weighted by Gasteiger charge is 2.30. The van der Waals surface area contributed by atoms with E-state index in [9.17, 15) is 19.6 Å². The quantitative estimate of drug-likeness (QED) is 0.303. The van der Waals surface area contributed by atoms with Crippen LogP contribution in [0.25, 0.3) is 0 Å². The molecule has 0 bridgehead atoms. The Labute approximate surface area is 192 Å². The smallest absolute Gasteiger partial charge is 0.426 e. The number of hydrogen-bond acceptors (Lipinski definition) is 7. The Morgan fingerprint density at radius 1 is 1.12 bits per heavy atom. The van der Waals surface area contributed by atoms with E-state index in [1.807, 2.05) is 30.3 Å². The van der Waals surface area contributed by atoms with Gasteiger partial charge in [-0.1, -0.05) is 30.3 Å². The fourth-order valence-corrected chi connectivity index (χ4v) is 3.39. The molecule has 172 valence electrons. The van der Waals surface area contributed by atoms with Crippen LogP contribution in [0.5, 0.6) is 0 Å². The molecule has 0 unspecified atom stereocenters. The average Bonchev–Trinajstić information content (AvgIpc) is 3.23. The van der Waals surface area contributed by atoms with Gasteiger partial charge >= 0.3 is 7.12 Å². The Balaban J connectivity index is 1.66. The summed E-state index contributed by atoms with van der Waals surface area (Å²) in [5, 5.41) is 29.2. The summed E-state index contributed by atoms with van der Waals surface area (Å²) in [5.74, 6) is -2.00. The Bertz CT molecular complexity index is 1030. The highest BCUT2D eigenvalue weighted by atomic mass is 16.4. The van der Waals surface area contributed by atoms with E-state index >= 15 is 0 Å². The van der Waals surface area contributed by atoms with Gasteiger partial charge in [0.25, 0.3) is 5.91 Å². The first-order valence-corrected chi connectivity index (χ1v) is 10.7. The van der Waals surface area contributed by atoms with E-state index in [0.29, 0.717) is 18.5 Å². The van der Waals surface area contributed by atoms with E-state index in [1.165, 1.54) is 18.6 Å². The predicted octanol–water partition coefficient (Wildman–Crippen LogP) is 0.0709. The van der Waals surface area contributed by atoms with E-state index in [-0.39, 0.29) is 12.1 Å². The summed E-state index contributed by atoms with van der Waals surface area (Å²) in [6.07, 6.45) is 7.71. The molecule has 2 atom stereocenters. The molecule has 2 amide bonds. The molecule has 0 aliphatic carbocycles. The standard InChI is InChI=1S/C22H27BN6O4/c1-29-13-10-17(28-29)14-18(26-22(31)19-15-24-11-12-25-19)21(30)27-20(23(32)33)9-5-8-16-6-3-2-4-7-16/h2-4,6-7,10-13,15,18,20,32-33H,5,8-9,14H2,1H3,(H,26,31)(H,27,30)/t18-,20-/m1/s1. The van der Waals surface area contributed by atoms with Gasteiger partial charge in [-0.15, -0.1) is 0 Å².